The van der Waals surface area contributed by atoms with E-state index in [1.165, 1.54) is 16.1 Å². The first-order valence-electron chi connectivity index (χ1n) is 10.4. The van der Waals surface area contributed by atoms with Gasteiger partial charge in [0.05, 0.1) is 16.5 Å². The van der Waals surface area contributed by atoms with Crippen molar-refractivity contribution in [3.63, 3.8) is 0 Å². The first kappa shape index (κ1) is 23.0. The quantitative estimate of drug-likeness (QED) is 0.523. The van der Waals surface area contributed by atoms with Gasteiger partial charge in [-0.15, -0.1) is 23.1 Å². The molecule has 2 heterocycles. The predicted octanol–water partition coefficient (Wildman–Crippen LogP) is 3.80. The highest BCUT2D eigenvalue weighted by Crippen LogP contribution is 2.29. The Morgan fingerprint density at radius 1 is 1.16 bits per heavy atom. The van der Waals surface area contributed by atoms with Crippen LogP contribution in [0.4, 0.5) is 0 Å². The lowest BCUT2D eigenvalue weighted by Crippen LogP contribution is -2.47. The minimum atomic E-state index is -3.72. The summed E-state index contributed by atoms with van der Waals surface area (Å²) in [6, 6.07) is 16.2. The average Bonchev–Trinajstić information content (AvgIpc) is 3.50. The predicted molar refractivity (Wildman–Crippen MR) is 130 cm³/mol. The molecule has 0 spiro atoms. The molecule has 1 atom stereocenters. The second-order valence-electron chi connectivity index (χ2n) is 7.46. The number of carbonyl (C=O) groups excluding carboxylic acids is 1. The number of carbonyl (C=O) groups is 1. The number of aryl methyl sites for hydroxylation is 1. The number of benzene rings is 2. The summed E-state index contributed by atoms with van der Waals surface area (Å²) in [5.41, 5.74) is 3.06. The first-order chi connectivity index (χ1) is 15.5. The van der Waals surface area contributed by atoms with E-state index >= 15 is 0 Å². The smallest absolute Gasteiger partial charge is 0.244 e. The summed E-state index contributed by atoms with van der Waals surface area (Å²) >= 11 is 3.03. The summed E-state index contributed by atoms with van der Waals surface area (Å²) < 4.78 is 27.5. The molecular formula is C23H25N3O3S3. The Hall–Kier alpha value is -2.20. The van der Waals surface area contributed by atoms with E-state index in [2.05, 4.69) is 10.3 Å². The Kier molecular flexibility index (Phi) is 7.30. The molecule has 1 aliphatic heterocycles. The molecule has 2 aromatic carbocycles. The van der Waals surface area contributed by atoms with Gasteiger partial charge in [-0.1, -0.05) is 49.4 Å². The number of aromatic nitrogens is 1. The Labute approximate surface area is 197 Å². The zero-order chi connectivity index (χ0) is 22.6. The number of thiazole rings is 1. The van der Waals surface area contributed by atoms with Gasteiger partial charge in [0.1, 0.15) is 11.0 Å². The fourth-order valence-electron chi connectivity index (χ4n) is 3.47. The number of nitrogens with one attached hydrogen (secondary N) is 1. The molecule has 6 nitrogen and oxygen atoms in total. The number of amides is 1. The number of sulfonamides is 1. The van der Waals surface area contributed by atoms with Crippen molar-refractivity contribution in [2.24, 2.45) is 0 Å². The van der Waals surface area contributed by atoms with Crippen LogP contribution in [0.2, 0.25) is 0 Å². The van der Waals surface area contributed by atoms with Crippen molar-refractivity contribution in [1.29, 1.82) is 0 Å². The maximum atomic E-state index is 13.1. The highest BCUT2D eigenvalue weighted by atomic mass is 32.2. The van der Waals surface area contributed by atoms with E-state index in [0.717, 1.165) is 28.2 Å². The zero-order valence-corrected chi connectivity index (χ0v) is 20.2. The lowest BCUT2D eigenvalue weighted by molar-refractivity contribution is -0.123. The van der Waals surface area contributed by atoms with Crippen molar-refractivity contribution >= 4 is 39.0 Å². The van der Waals surface area contributed by atoms with Crippen molar-refractivity contribution in [2.75, 3.05) is 18.2 Å². The van der Waals surface area contributed by atoms with Crippen molar-refractivity contribution in [1.82, 2.24) is 14.6 Å². The highest BCUT2D eigenvalue weighted by molar-refractivity contribution is 8.00. The molecule has 9 heteroatoms. The van der Waals surface area contributed by atoms with Crippen LogP contribution >= 0.6 is 23.1 Å². The van der Waals surface area contributed by atoms with E-state index in [-0.39, 0.29) is 16.7 Å². The summed E-state index contributed by atoms with van der Waals surface area (Å²) in [4.78, 5) is 17.7. The third-order valence-electron chi connectivity index (χ3n) is 5.34. The molecule has 0 saturated carbocycles. The van der Waals surface area contributed by atoms with Crippen LogP contribution in [0.1, 0.15) is 18.2 Å². The molecule has 1 amide bonds. The van der Waals surface area contributed by atoms with Crippen molar-refractivity contribution in [3.8, 4) is 10.6 Å². The van der Waals surface area contributed by atoms with Crippen LogP contribution in [0.25, 0.3) is 10.6 Å². The molecule has 1 unspecified atom stereocenters. The van der Waals surface area contributed by atoms with Crippen LogP contribution in [-0.2, 0) is 27.7 Å². The molecule has 0 bridgehead atoms. The van der Waals surface area contributed by atoms with E-state index in [4.69, 9.17) is 0 Å². The van der Waals surface area contributed by atoms with Gasteiger partial charge in [-0.25, -0.2) is 13.4 Å². The Morgan fingerprint density at radius 2 is 1.91 bits per heavy atom. The molecule has 168 valence electrons. The highest BCUT2D eigenvalue weighted by Gasteiger charge is 2.39. The van der Waals surface area contributed by atoms with E-state index in [0.29, 0.717) is 18.7 Å². The first-order valence-corrected chi connectivity index (χ1v) is 13.9. The number of hydrogen-bond donors (Lipinski definition) is 1. The summed E-state index contributed by atoms with van der Waals surface area (Å²) in [5, 5.41) is 5.85. The second kappa shape index (κ2) is 10.2. The van der Waals surface area contributed by atoms with Crippen LogP contribution in [0.15, 0.2) is 64.9 Å². The van der Waals surface area contributed by atoms with Crippen LogP contribution in [-0.4, -0.2) is 47.8 Å². The molecule has 1 saturated heterocycles. The summed E-state index contributed by atoms with van der Waals surface area (Å²) in [6.45, 7) is 2.44. The van der Waals surface area contributed by atoms with Gasteiger partial charge in [-0.3, -0.25) is 4.79 Å². The largest absolute Gasteiger partial charge is 0.354 e. The lowest BCUT2D eigenvalue weighted by Gasteiger charge is -2.22. The van der Waals surface area contributed by atoms with Gasteiger partial charge in [0.15, 0.2) is 0 Å². The molecular weight excluding hydrogens is 462 g/mol. The van der Waals surface area contributed by atoms with Crippen LogP contribution in [0, 0.1) is 0 Å². The third kappa shape index (κ3) is 5.06. The van der Waals surface area contributed by atoms with Crippen molar-refractivity contribution in [3.05, 3.63) is 71.2 Å². The molecule has 1 aromatic heterocycles. The minimum absolute atomic E-state index is 0.228. The summed E-state index contributed by atoms with van der Waals surface area (Å²) in [5.74, 6) is 0.470. The van der Waals surface area contributed by atoms with Gasteiger partial charge < -0.3 is 5.32 Å². The van der Waals surface area contributed by atoms with E-state index in [1.807, 2.05) is 54.8 Å². The Morgan fingerprint density at radius 3 is 2.62 bits per heavy atom. The lowest BCUT2D eigenvalue weighted by atomic mass is 10.2. The standard InChI is InChI=1S/C23H25N3O3S3/c1-2-17-8-10-20(11-9-17)32(28,29)26-16-30-15-21(26)22(27)24-13-12-19-14-31-23(25-19)18-6-4-3-5-7-18/h3-11,14,21H,2,12-13,15-16H2,1H3,(H,24,27). The third-order valence-corrected chi connectivity index (χ3v) is 9.32. The van der Waals surface area contributed by atoms with Crippen LogP contribution < -0.4 is 5.32 Å². The molecule has 1 N–H and O–H groups in total. The fraction of sp³-hybridized carbons (Fsp3) is 0.304. The average molecular weight is 488 g/mol. The monoisotopic (exact) mass is 487 g/mol. The van der Waals surface area contributed by atoms with Gasteiger partial charge in [-0.05, 0) is 24.1 Å². The zero-order valence-electron chi connectivity index (χ0n) is 17.7. The normalized spacial score (nSPS) is 16.8. The summed E-state index contributed by atoms with van der Waals surface area (Å²) in [6.07, 6.45) is 1.44. The number of thioether (sulfide) groups is 1. The maximum Gasteiger partial charge on any atom is 0.244 e. The SMILES string of the molecule is CCc1ccc(S(=O)(=O)N2CSCC2C(=O)NCCc2csc(-c3ccccc3)n2)cc1. The number of rotatable bonds is 8. The Bertz CT molecular complexity index is 1160. The van der Waals surface area contributed by atoms with Gasteiger partial charge >= 0.3 is 0 Å². The van der Waals surface area contributed by atoms with E-state index in [1.54, 1.807) is 23.5 Å². The van der Waals surface area contributed by atoms with Crippen molar-refractivity contribution < 1.29 is 13.2 Å². The summed E-state index contributed by atoms with van der Waals surface area (Å²) in [7, 11) is -3.72. The Balaban J connectivity index is 1.36. The molecule has 0 aliphatic carbocycles. The van der Waals surface area contributed by atoms with Gasteiger partial charge in [0, 0.05) is 29.7 Å². The van der Waals surface area contributed by atoms with Gasteiger partial charge in [-0.2, -0.15) is 4.31 Å². The minimum Gasteiger partial charge on any atom is -0.354 e. The maximum absolute atomic E-state index is 13.1. The van der Waals surface area contributed by atoms with E-state index < -0.39 is 16.1 Å². The fourth-order valence-corrected chi connectivity index (χ4v) is 7.48. The molecule has 0 radical (unpaired) electrons. The van der Waals surface area contributed by atoms with Crippen LogP contribution in [0.5, 0.6) is 0 Å². The molecule has 32 heavy (non-hydrogen) atoms. The second-order valence-corrected chi connectivity index (χ2v) is 11.2. The topological polar surface area (TPSA) is 79.4 Å². The molecule has 1 aliphatic rings. The number of hydrogen-bond acceptors (Lipinski definition) is 6. The molecule has 1 fully saturated rings. The van der Waals surface area contributed by atoms with E-state index in [9.17, 15) is 13.2 Å². The molecule has 4 rings (SSSR count). The van der Waals surface area contributed by atoms with Crippen molar-refractivity contribution in [2.45, 2.75) is 30.7 Å². The molecule has 3 aromatic rings. The van der Waals surface area contributed by atoms with Gasteiger partial charge in [0.25, 0.3) is 0 Å². The van der Waals surface area contributed by atoms with Crippen LogP contribution in [0.3, 0.4) is 0 Å². The number of nitrogens with zero attached hydrogens (tertiary/aromatic N) is 2. The van der Waals surface area contributed by atoms with Gasteiger partial charge in [0.2, 0.25) is 15.9 Å².